The Hall–Kier alpha value is -0.810. The average Bonchev–Trinajstić information content (AvgIpc) is 3.12. The van der Waals surface area contributed by atoms with Gasteiger partial charge in [-0.05, 0) is 55.4 Å². The maximum atomic E-state index is 12.7. The number of hydrogen-bond donors (Lipinski definition) is 2. The van der Waals surface area contributed by atoms with E-state index in [1.807, 2.05) is 6.26 Å². The number of thiazole rings is 1. The summed E-state index contributed by atoms with van der Waals surface area (Å²) < 4.78 is 29.5. The first-order valence-electron chi connectivity index (χ1n) is 9.66. The van der Waals surface area contributed by atoms with Gasteiger partial charge in [0.15, 0.2) is 4.34 Å². The van der Waals surface area contributed by atoms with E-state index in [4.69, 9.17) is 0 Å². The lowest BCUT2D eigenvalue weighted by atomic mass is 9.91. The number of sulfonamides is 1. The Kier molecular flexibility index (Phi) is 8.26. The predicted molar refractivity (Wildman–Crippen MR) is 122 cm³/mol. The van der Waals surface area contributed by atoms with Gasteiger partial charge in [-0.3, -0.25) is 4.79 Å². The third-order valence-corrected chi connectivity index (χ3v) is 9.53. The second-order valence-corrected chi connectivity index (χ2v) is 12.2. The number of carboxylic acids is 1. The van der Waals surface area contributed by atoms with E-state index in [2.05, 4.69) is 9.71 Å². The number of aliphatic carboxylic acids is 1. The monoisotopic (exact) mass is 474 g/mol. The Labute approximate surface area is 184 Å². The van der Waals surface area contributed by atoms with Crippen LogP contribution in [0.1, 0.15) is 38.5 Å². The molecule has 1 heterocycles. The van der Waals surface area contributed by atoms with Crippen LogP contribution in [0.5, 0.6) is 0 Å². The highest BCUT2D eigenvalue weighted by Gasteiger charge is 2.25. The van der Waals surface area contributed by atoms with Gasteiger partial charge in [-0.2, -0.15) is 16.5 Å². The molecule has 10 heteroatoms. The Morgan fingerprint density at radius 2 is 2.10 bits per heavy atom. The van der Waals surface area contributed by atoms with E-state index < -0.39 is 22.0 Å². The molecule has 0 radical (unpaired) electrons. The maximum absolute atomic E-state index is 12.7. The lowest BCUT2D eigenvalue weighted by molar-refractivity contribution is -0.139. The summed E-state index contributed by atoms with van der Waals surface area (Å²) >= 11 is 4.73. The number of benzene rings is 1. The third-order valence-electron chi connectivity index (χ3n) is 5.02. The number of nitrogens with zero attached hydrogens (tertiary/aromatic N) is 1. The number of hydrogen-bond acceptors (Lipinski definition) is 7. The fourth-order valence-corrected chi connectivity index (χ4v) is 7.49. The molecule has 29 heavy (non-hydrogen) atoms. The van der Waals surface area contributed by atoms with Crippen molar-refractivity contribution in [1.82, 2.24) is 9.71 Å². The minimum Gasteiger partial charge on any atom is -0.480 e. The second kappa shape index (κ2) is 10.5. The number of fused-ring (bicyclic) bond motifs is 1. The molecule has 0 spiro atoms. The largest absolute Gasteiger partial charge is 0.480 e. The zero-order valence-electron chi connectivity index (χ0n) is 16.3. The maximum Gasteiger partial charge on any atom is 0.321 e. The fraction of sp³-hybridized carbons (Fsp3) is 0.579. The van der Waals surface area contributed by atoms with Crippen LogP contribution in [-0.2, 0) is 14.8 Å². The van der Waals surface area contributed by atoms with Gasteiger partial charge < -0.3 is 5.11 Å². The summed E-state index contributed by atoms with van der Waals surface area (Å²) in [6.07, 6.45) is 8.63. The summed E-state index contributed by atoms with van der Waals surface area (Å²) in [5, 5.41) is 9.30. The zero-order chi connectivity index (χ0) is 20.9. The van der Waals surface area contributed by atoms with Gasteiger partial charge in [0.05, 0.1) is 15.1 Å². The van der Waals surface area contributed by atoms with Gasteiger partial charge in [0.2, 0.25) is 10.0 Å². The highest BCUT2D eigenvalue weighted by Crippen LogP contribution is 2.34. The first kappa shape index (κ1) is 22.9. The van der Waals surface area contributed by atoms with Crippen LogP contribution in [0.2, 0.25) is 0 Å². The molecule has 160 valence electrons. The SMILES string of the molecule is CSCC[C@@H](NS(=O)(=O)c1ccc2nc(SCC3CCCCC3)sc2c1)C(=O)O. The molecular weight excluding hydrogens is 448 g/mol. The van der Waals surface area contributed by atoms with E-state index in [1.165, 1.54) is 61.3 Å². The van der Waals surface area contributed by atoms with Crippen molar-refractivity contribution in [3.8, 4) is 0 Å². The van der Waals surface area contributed by atoms with Gasteiger partial charge in [-0.15, -0.1) is 11.3 Å². The predicted octanol–water partition coefficient (Wildman–Crippen LogP) is 4.45. The van der Waals surface area contributed by atoms with Crippen LogP contribution in [-0.4, -0.2) is 48.3 Å². The van der Waals surface area contributed by atoms with Crippen molar-refractivity contribution in [3.05, 3.63) is 18.2 Å². The normalized spacial score (nSPS) is 16.9. The van der Waals surface area contributed by atoms with Gasteiger partial charge in [-0.25, -0.2) is 13.4 Å². The lowest BCUT2D eigenvalue weighted by Gasteiger charge is -2.20. The standard InChI is InChI=1S/C19H26N2O4S4/c1-26-10-9-16(18(22)23)21-29(24,25)14-7-8-15-17(11-14)28-19(20-15)27-12-13-5-3-2-4-6-13/h7-8,11,13,16,21H,2-6,9-10,12H2,1H3,(H,22,23)/t16-/m1/s1. The highest BCUT2D eigenvalue weighted by atomic mass is 32.2. The Balaban J connectivity index is 1.71. The van der Waals surface area contributed by atoms with Crippen LogP contribution in [0.4, 0.5) is 0 Å². The van der Waals surface area contributed by atoms with Crippen molar-refractivity contribution in [2.45, 2.75) is 53.8 Å². The van der Waals surface area contributed by atoms with Crippen LogP contribution in [0.3, 0.4) is 0 Å². The molecule has 1 aromatic heterocycles. The number of thioether (sulfide) groups is 2. The summed E-state index contributed by atoms with van der Waals surface area (Å²) in [6.45, 7) is 0. The topological polar surface area (TPSA) is 96.4 Å². The van der Waals surface area contributed by atoms with Crippen LogP contribution >= 0.6 is 34.9 Å². The molecule has 1 aliphatic carbocycles. The Morgan fingerprint density at radius 3 is 2.79 bits per heavy atom. The van der Waals surface area contributed by atoms with Crippen LogP contribution in [0, 0.1) is 5.92 Å². The van der Waals surface area contributed by atoms with Gasteiger partial charge in [-0.1, -0.05) is 31.0 Å². The molecule has 2 N–H and O–H groups in total. The van der Waals surface area contributed by atoms with Gasteiger partial charge in [0, 0.05) is 5.75 Å². The fourth-order valence-electron chi connectivity index (χ4n) is 3.38. The summed E-state index contributed by atoms with van der Waals surface area (Å²) in [4.78, 5) is 16.1. The van der Waals surface area contributed by atoms with Crippen molar-refractivity contribution >= 4 is 61.1 Å². The Morgan fingerprint density at radius 1 is 1.34 bits per heavy atom. The number of nitrogens with one attached hydrogen (secondary N) is 1. The molecule has 0 unspecified atom stereocenters. The van der Waals surface area contributed by atoms with Gasteiger partial charge >= 0.3 is 5.97 Å². The van der Waals surface area contributed by atoms with Crippen molar-refractivity contribution in [1.29, 1.82) is 0 Å². The van der Waals surface area contributed by atoms with E-state index in [9.17, 15) is 18.3 Å². The molecule has 6 nitrogen and oxygen atoms in total. The molecule has 3 rings (SSSR count). The molecular formula is C19H26N2O4S4. The molecule has 1 aliphatic rings. The van der Waals surface area contributed by atoms with Crippen molar-refractivity contribution in [2.75, 3.05) is 17.8 Å². The molecule has 0 bridgehead atoms. The third kappa shape index (κ3) is 6.33. The van der Waals surface area contributed by atoms with Crippen LogP contribution in [0.25, 0.3) is 10.2 Å². The quantitative estimate of drug-likeness (QED) is 0.491. The first-order chi connectivity index (χ1) is 13.9. The van der Waals surface area contributed by atoms with E-state index >= 15 is 0 Å². The highest BCUT2D eigenvalue weighted by molar-refractivity contribution is 8.01. The summed E-state index contributed by atoms with van der Waals surface area (Å²) in [6, 6.07) is 3.65. The van der Waals surface area contributed by atoms with E-state index in [0.717, 1.165) is 26.2 Å². The molecule has 1 fully saturated rings. The minimum absolute atomic E-state index is 0.0767. The van der Waals surface area contributed by atoms with Crippen molar-refractivity contribution < 1.29 is 18.3 Å². The molecule has 2 aromatic rings. The summed E-state index contributed by atoms with van der Waals surface area (Å²) in [5.41, 5.74) is 0.775. The number of aromatic nitrogens is 1. The zero-order valence-corrected chi connectivity index (χ0v) is 19.6. The van der Waals surface area contributed by atoms with Crippen molar-refractivity contribution in [2.24, 2.45) is 5.92 Å². The van der Waals surface area contributed by atoms with Crippen LogP contribution in [0.15, 0.2) is 27.4 Å². The van der Waals surface area contributed by atoms with Gasteiger partial charge in [0.1, 0.15) is 6.04 Å². The number of rotatable bonds is 10. The first-order valence-corrected chi connectivity index (χ1v) is 14.3. The smallest absolute Gasteiger partial charge is 0.321 e. The van der Waals surface area contributed by atoms with Crippen LogP contribution < -0.4 is 4.72 Å². The van der Waals surface area contributed by atoms with E-state index in [-0.39, 0.29) is 11.3 Å². The number of carboxylic acid groups (broad SMARTS) is 1. The van der Waals surface area contributed by atoms with E-state index in [1.54, 1.807) is 23.9 Å². The van der Waals surface area contributed by atoms with E-state index in [0.29, 0.717) is 5.75 Å². The second-order valence-electron chi connectivity index (χ2n) is 7.22. The Bertz CT molecular complexity index is 939. The lowest BCUT2D eigenvalue weighted by Crippen LogP contribution is -2.41. The molecule has 0 aliphatic heterocycles. The van der Waals surface area contributed by atoms with Gasteiger partial charge in [0.25, 0.3) is 0 Å². The summed E-state index contributed by atoms with van der Waals surface area (Å²) in [7, 11) is -3.91. The average molecular weight is 475 g/mol. The molecule has 0 saturated heterocycles. The molecule has 0 amide bonds. The molecule has 1 aromatic carbocycles. The summed E-state index contributed by atoms with van der Waals surface area (Å²) in [5.74, 6) is 1.20. The number of carbonyl (C=O) groups is 1. The molecule has 1 atom stereocenters. The minimum atomic E-state index is -3.91. The van der Waals surface area contributed by atoms with Crippen molar-refractivity contribution in [3.63, 3.8) is 0 Å². The molecule has 1 saturated carbocycles.